The van der Waals surface area contributed by atoms with Gasteiger partial charge in [-0.25, -0.2) is 0 Å². The van der Waals surface area contributed by atoms with Gasteiger partial charge in [-0.3, -0.25) is 4.79 Å². The van der Waals surface area contributed by atoms with Crippen molar-refractivity contribution in [3.63, 3.8) is 0 Å². The van der Waals surface area contributed by atoms with Crippen LogP contribution < -0.4 is 14.8 Å². The molecule has 0 fully saturated rings. The molecule has 0 saturated heterocycles. The first-order valence-corrected chi connectivity index (χ1v) is 8.64. The van der Waals surface area contributed by atoms with Gasteiger partial charge in [0, 0.05) is 22.6 Å². The first-order chi connectivity index (χ1) is 13.0. The Morgan fingerprint density at radius 3 is 2.59 bits per heavy atom. The summed E-state index contributed by atoms with van der Waals surface area (Å²) in [7, 11) is 3.19. The van der Waals surface area contributed by atoms with Crippen LogP contribution >= 0.6 is 0 Å². The molecule has 0 aliphatic carbocycles. The molecule has 0 aliphatic heterocycles. The van der Waals surface area contributed by atoms with Crippen LogP contribution in [0, 0.1) is 13.8 Å². The van der Waals surface area contributed by atoms with Gasteiger partial charge in [-0.1, -0.05) is 12.1 Å². The van der Waals surface area contributed by atoms with Gasteiger partial charge in [0.25, 0.3) is 0 Å². The van der Waals surface area contributed by atoms with Crippen molar-refractivity contribution >= 4 is 28.1 Å². The zero-order valence-corrected chi connectivity index (χ0v) is 16.2. The van der Waals surface area contributed by atoms with Crippen LogP contribution in [0.3, 0.4) is 0 Å². The van der Waals surface area contributed by atoms with E-state index in [9.17, 15) is 4.79 Å². The van der Waals surface area contributed by atoms with E-state index >= 15 is 0 Å². The summed E-state index contributed by atoms with van der Waals surface area (Å²) in [6.07, 6.45) is 3.29. The van der Waals surface area contributed by atoms with E-state index in [-0.39, 0.29) is 5.91 Å². The van der Waals surface area contributed by atoms with E-state index in [4.69, 9.17) is 13.9 Å². The summed E-state index contributed by atoms with van der Waals surface area (Å²) in [5, 5.41) is 3.87. The van der Waals surface area contributed by atoms with Crippen molar-refractivity contribution in [3.8, 4) is 11.5 Å². The molecular formula is C22H23NO4. The fourth-order valence-electron chi connectivity index (χ4n) is 3.19. The number of ether oxygens (including phenoxy) is 2. The molecule has 3 rings (SSSR count). The van der Waals surface area contributed by atoms with Crippen LogP contribution in [0.2, 0.25) is 0 Å². The molecule has 0 unspecified atom stereocenters. The Labute approximate surface area is 158 Å². The van der Waals surface area contributed by atoms with Crippen molar-refractivity contribution in [3.05, 3.63) is 59.4 Å². The number of nitrogens with one attached hydrogen (secondary N) is 1. The Morgan fingerprint density at radius 2 is 1.89 bits per heavy atom. The maximum absolute atomic E-state index is 12.5. The van der Waals surface area contributed by atoms with Crippen molar-refractivity contribution < 1.29 is 18.7 Å². The predicted molar refractivity (Wildman–Crippen MR) is 108 cm³/mol. The SMILES string of the molecule is COc1ccccc1NC(=O)/C=C(\C)c1cc2c(C)coc2c(C)c1OC. The molecule has 140 valence electrons. The number of methoxy groups -OCH3 is 2. The number of anilines is 1. The normalized spacial score (nSPS) is 11.5. The number of carbonyl (C=O) groups excluding carboxylic acids is 1. The topological polar surface area (TPSA) is 60.7 Å². The largest absolute Gasteiger partial charge is 0.496 e. The number of carbonyl (C=O) groups is 1. The van der Waals surface area contributed by atoms with E-state index in [0.717, 1.165) is 33.2 Å². The molecule has 0 saturated carbocycles. The average molecular weight is 365 g/mol. The summed E-state index contributed by atoms with van der Waals surface area (Å²) < 4.78 is 16.5. The number of rotatable bonds is 5. The number of hydrogen-bond acceptors (Lipinski definition) is 4. The van der Waals surface area contributed by atoms with Crippen molar-refractivity contribution in [2.75, 3.05) is 19.5 Å². The second kappa shape index (κ2) is 7.58. The van der Waals surface area contributed by atoms with Gasteiger partial charge in [0.2, 0.25) is 5.91 Å². The second-order valence-corrected chi connectivity index (χ2v) is 6.39. The van der Waals surface area contributed by atoms with E-state index in [1.165, 1.54) is 0 Å². The highest BCUT2D eigenvalue weighted by atomic mass is 16.5. The molecule has 1 aromatic heterocycles. The smallest absolute Gasteiger partial charge is 0.248 e. The zero-order chi connectivity index (χ0) is 19.6. The molecular weight excluding hydrogens is 342 g/mol. The minimum absolute atomic E-state index is 0.235. The van der Waals surface area contributed by atoms with Crippen LogP contribution in [0.15, 0.2) is 47.1 Å². The van der Waals surface area contributed by atoms with E-state index in [0.29, 0.717) is 17.2 Å². The highest BCUT2D eigenvalue weighted by Gasteiger charge is 2.17. The third-order valence-electron chi connectivity index (χ3n) is 4.58. The molecule has 3 aromatic rings. The molecule has 0 atom stereocenters. The van der Waals surface area contributed by atoms with Crippen molar-refractivity contribution in [1.82, 2.24) is 0 Å². The van der Waals surface area contributed by atoms with E-state index < -0.39 is 0 Å². The standard InChI is InChI=1S/C22H23NO4/c1-13(10-20(24)23-18-8-6-7-9-19(18)25-4)16-11-17-14(2)12-27-22(17)15(3)21(16)26-5/h6-12H,1-5H3,(H,23,24)/b13-10+. The summed E-state index contributed by atoms with van der Waals surface area (Å²) in [6.45, 7) is 5.84. The number of amides is 1. The maximum Gasteiger partial charge on any atom is 0.248 e. The van der Waals surface area contributed by atoms with E-state index in [2.05, 4.69) is 5.32 Å². The summed E-state index contributed by atoms with van der Waals surface area (Å²) in [6, 6.07) is 9.30. The van der Waals surface area contributed by atoms with Gasteiger partial charge in [0.1, 0.15) is 17.1 Å². The van der Waals surface area contributed by atoms with Gasteiger partial charge >= 0.3 is 0 Å². The highest BCUT2D eigenvalue weighted by Crippen LogP contribution is 2.37. The first kappa shape index (κ1) is 18.6. The number of hydrogen-bond donors (Lipinski definition) is 1. The quantitative estimate of drug-likeness (QED) is 0.638. The summed E-state index contributed by atoms with van der Waals surface area (Å²) in [5.41, 5.74) is 5.05. The number of aryl methyl sites for hydroxylation is 2. The fourth-order valence-corrected chi connectivity index (χ4v) is 3.19. The lowest BCUT2D eigenvalue weighted by Gasteiger charge is -2.13. The third-order valence-corrected chi connectivity index (χ3v) is 4.58. The molecule has 1 N–H and O–H groups in total. The lowest BCUT2D eigenvalue weighted by atomic mass is 9.98. The van der Waals surface area contributed by atoms with Gasteiger partial charge in [0.05, 0.1) is 26.2 Å². The summed E-state index contributed by atoms with van der Waals surface area (Å²) in [5.74, 6) is 1.08. The summed E-state index contributed by atoms with van der Waals surface area (Å²) in [4.78, 5) is 12.5. The molecule has 0 spiro atoms. The highest BCUT2D eigenvalue weighted by molar-refractivity contribution is 6.05. The van der Waals surface area contributed by atoms with Gasteiger partial charge in [-0.2, -0.15) is 0 Å². The van der Waals surface area contributed by atoms with Gasteiger partial charge in [0.15, 0.2) is 0 Å². The Bertz CT molecular complexity index is 1030. The lowest BCUT2D eigenvalue weighted by molar-refractivity contribution is -0.111. The molecule has 27 heavy (non-hydrogen) atoms. The molecule has 1 amide bonds. The number of para-hydroxylation sites is 2. The Kier molecular flexibility index (Phi) is 5.21. The molecule has 0 aliphatic rings. The van der Waals surface area contributed by atoms with Crippen LogP contribution in [0.4, 0.5) is 5.69 Å². The Hall–Kier alpha value is -3.21. The van der Waals surface area contributed by atoms with E-state index in [1.54, 1.807) is 38.7 Å². The minimum Gasteiger partial charge on any atom is -0.496 e. The van der Waals surface area contributed by atoms with Crippen molar-refractivity contribution in [1.29, 1.82) is 0 Å². The Balaban J connectivity index is 1.98. The monoisotopic (exact) mass is 365 g/mol. The molecule has 2 aromatic carbocycles. The first-order valence-electron chi connectivity index (χ1n) is 8.64. The van der Waals surface area contributed by atoms with Crippen LogP contribution in [-0.4, -0.2) is 20.1 Å². The minimum atomic E-state index is -0.235. The van der Waals surface area contributed by atoms with Crippen molar-refractivity contribution in [2.24, 2.45) is 0 Å². The number of fused-ring (bicyclic) bond motifs is 1. The molecule has 5 heteroatoms. The van der Waals surface area contributed by atoms with Crippen LogP contribution in [0.25, 0.3) is 16.5 Å². The fraction of sp³-hybridized carbons (Fsp3) is 0.227. The molecule has 5 nitrogen and oxygen atoms in total. The maximum atomic E-state index is 12.5. The van der Waals surface area contributed by atoms with E-state index in [1.807, 2.05) is 39.0 Å². The number of allylic oxidation sites excluding steroid dienone is 1. The van der Waals surface area contributed by atoms with Crippen LogP contribution in [0.1, 0.15) is 23.6 Å². The van der Waals surface area contributed by atoms with Gasteiger partial charge < -0.3 is 19.2 Å². The Morgan fingerprint density at radius 1 is 1.15 bits per heavy atom. The zero-order valence-electron chi connectivity index (χ0n) is 16.2. The summed E-state index contributed by atoms with van der Waals surface area (Å²) >= 11 is 0. The second-order valence-electron chi connectivity index (χ2n) is 6.39. The molecule has 1 heterocycles. The lowest BCUT2D eigenvalue weighted by Crippen LogP contribution is -2.09. The van der Waals surface area contributed by atoms with Crippen molar-refractivity contribution in [2.45, 2.75) is 20.8 Å². The van der Waals surface area contributed by atoms with Crippen LogP contribution in [0.5, 0.6) is 11.5 Å². The molecule has 0 bridgehead atoms. The van der Waals surface area contributed by atoms with Gasteiger partial charge in [-0.05, 0) is 50.1 Å². The number of furan rings is 1. The van der Waals surface area contributed by atoms with Crippen LogP contribution in [-0.2, 0) is 4.79 Å². The third kappa shape index (κ3) is 3.53. The average Bonchev–Trinajstić information content (AvgIpc) is 3.03. The van der Waals surface area contributed by atoms with Gasteiger partial charge in [-0.15, -0.1) is 0 Å². The predicted octanol–water partition coefficient (Wildman–Crippen LogP) is 5.11. The molecule has 0 radical (unpaired) electrons. The number of benzene rings is 2.